The molecule has 1 amide bonds. The maximum atomic E-state index is 13.1. The Balaban J connectivity index is 1.49. The van der Waals surface area contributed by atoms with Gasteiger partial charge in [0.2, 0.25) is 0 Å². The molecule has 6 nitrogen and oxygen atoms in total. The van der Waals surface area contributed by atoms with Crippen LogP contribution in [0.15, 0.2) is 40.5 Å². The minimum absolute atomic E-state index is 0.0867. The molecule has 162 valence electrons. The van der Waals surface area contributed by atoms with Crippen LogP contribution in [0.1, 0.15) is 68.1 Å². The van der Waals surface area contributed by atoms with Crippen molar-refractivity contribution < 1.29 is 4.79 Å². The number of nitrogens with zero attached hydrogens (tertiary/aromatic N) is 3. The van der Waals surface area contributed by atoms with E-state index in [1.54, 1.807) is 24.5 Å². The molecule has 1 aliphatic rings. The van der Waals surface area contributed by atoms with Crippen molar-refractivity contribution in [3.8, 4) is 0 Å². The van der Waals surface area contributed by atoms with Crippen molar-refractivity contribution in [2.24, 2.45) is 5.10 Å². The zero-order chi connectivity index (χ0) is 22.2. The highest BCUT2D eigenvalue weighted by Crippen LogP contribution is 2.33. The van der Waals surface area contributed by atoms with Crippen molar-refractivity contribution in [2.75, 3.05) is 0 Å². The van der Waals surface area contributed by atoms with Gasteiger partial charge in [0.05, 0.1) is 17.9 Å². The highest BCUT2D eigenvalue weighted by atomic mass is 32.1. The molecule has 3 aromatic rings. The Morgan fingerprint density at radius 1 is 1.23 bits per heavy atom. The highest BCUT2D eigenvalue weighted by molar-refractivity contribution is 7.18. The minimum atomic E-state index is -0.705. The van der Waals surface area contributed by atoms with E-state index in [0.717, 1.165) is 41.6 Å². The van der Waals surface area contributed by atoms with Gasteiger partial charge < -0.3 is 0 Å². The maximum Gasteiger partial charge on any atom is 0.263 e. The Morgan fingerprint density at radius 3 is 2.65 bits per heavy atom. The predicted molar refractivity (Wildman–Crippen MR) is 126 cm³/mol. The van der Waals surface area contributed by atoms with Crippen molar-refractivity contribution >= 4 is 33.7 Å². The second kappa shape index (κ2) is 8.38. The van der Waals surface area contributed by atoms with Gasteiger partial charge >= 0.3 is 0 Å². The van der Waals surface area contributed by atoms with Gasteiger partial charge in [-0.15, -0.1) is 11.3 Å². The fraction of sp³-hybridized carbons (Fsp3) is 0.417. The third-order valence-corrected chi connectivity index (χ3v) is 7.06. The van der Waals surface area contributed by atoms with Crippen LogP contribution in [0.2, 0.25) is 0 Å². The molecule has 2 aromatic heterocycles. The summed E-state index contributed by atoms with van der Waals surface area (Å²) in [6.07, 6.45) is 7.26. The number of amides is 1. The van der Waals surface area contributed by atoms with Crippen LogP contribution in [-0.2, 0) is 23.1 Å². The summed E-state index contributed by atoms with van der Waals surface area (Å²) in [6.45, 7) is 8.18. The zero-order valence-electron chi connectivity index (χ0n) is 18.4. The van der Waals surface area contributed by atoms with Crippen molar-refractivity contribution in [2.45, 2.75) is 64.8 Å². The van der Waals surface area contributed by atoms with Gasteiger partial charge in [-0.05, 0) is 54.7 Å². The van der Waals surface area contributed by atoms with Crippen molar-refractivity contribution in [1.29, 1.82) is 0 Å². The molecule has 0 spiro atoms. The molecular formula is C24H28N4O2S. The topological polar surface area (TPSA) is 76.3 Å². The van der Waals surface area contributed by atoms with Crippen LogP contribution in [0.5, 0.6) is 0 Å². The molecule has 2 heterocycles. The average Bonchev–Trinajstić information content (AvgIpc) is 3.12. The van der Waals surface area contributed by atoms with E-state index < -0.39 is 6.04 Å². The normalized spacial score (nSPS) is 15.2. The van der Waals surface area contributed by atoms with Crippen LogP contribution in [0, 0.1) is 0 Å². The molecular weight excluding hydrogens is 408 g/mol. The molecule has 31 heavy (non-hydrogen) atoms. The largest absolute Gasteiger partial charge is 0.286 e. The summed E-state index contributed by atoms with van der Waals surface area (Å²) in [5, 5.41) is 4.76. The van der Waals surface area contributed by atoms with Gasteiger partial charge in [0.15, 0.2) is 0 Å². The second-order valence-corrected chi connectivity index (χ2v) is 10.2. The zero-order valence-corrected chi connectivity index (χ0v) is 19.3. The number of hydrogen-bond acceptors (Lipinski definition) is 5. The van der Waals surface area contributed by atoms with Gasteiger partial charge in [-0.25, -0.2) is 10.4 Å². The summed E-state index contributed by atoms with van der Waals surface area (Å²) in [7, 11) is 0. The van der Waals surface area contributed by atoms with E-state index >= 15 is 0 Å². The molecule has 0 unspecified atom stereocenters. The van der Waals surface area contributed by atoms with E-state index in [4.69, 9.17) is 0 Å². The van der Waals surface area contributed by atoms with E-state index in [1.807, 2.05) is 12.1 Å². The summed E-state index contributed by atoms with van der Waals surface area (Å²) < 4.78 is 1.41. The van der Waals surface area contributed by atoms with Crippen LogP contribution >= 0.6 is 11.3 Å². The number of aryl methyl sites for hydroxylation is 2. The van der Waals surface area contributed by atoms with Crippen LogP contribution in [0.3, 0.4) is 0 Å². The number of hydrazone groups is 1. The molecule has 0 aliphatic heterocycles. The fourth-order valence-electron chi connectivity index (χ4n) is 3.89. The number of carbonyl (C=O) groups excluding carboxylic acids is 1. The first kappa shape index (κ1) is 21.4. The molecule has 0 saturated heterocycles. The number of hydrogen-bond donors (Lipinski definition) is 1. The number of rotatable bonds is 4. The predicted octanol–water partition coefficient (Wildman–Crippen LogP) is 4.35. The molecule has 1 N–H and O–H groups in total. The van der Waals surface area contributed by atoms with Crippen molar-refractivity contribution in [3.05, 3.63) is 62.5 Å². The number of thiophene rings is 1. The number of fused-ring (bicyclic) bond motifs is 3. The lowest BCUT2D eigenvalue weighted by Crippen LogP contribution is -2.34. The van der Waals surface area contributed by atoms with E-state index in [9.17, 15) is 9.59 Å². The monoisotopic (exact) mass is 436 g/mol. The minimum Gasteiger partial charge on any atom is -0.286 e. The number of carbonyl (C=O) groups is 1. The standard InChI is InChI=1S/C24H28N4O2S/c1-15(21(29)27-26-13-16-9-11-17(12-10-16)24(2,3)4)28-14-25-22-20(23(28)30)18-7-5-6-8-19(18)31-22/h9-15H,5-8H2,1-4H3,(H,27,29)/t15-/m1/s1. The third kappa shape index (κ3) is 4.32. The molecule has 1 aromatic carbocycles. The summed E-state index contributed by atoms with van der Waals surface area (Å²) in [5.74, 6) is -0.352. The number of aromatic nitrogens is 2. The molecule has 0 radical (unpaired) electrons. The average molecular weight is 437 g/mol. The summed E-state index contributed by atoms with van der Waals surface area (Å²) in [5.41, 5.74) is 5.75. The molecule has 1 aliphatic carbocycles. The first-order valence-electron chi connectivity index (χ1n) is 10.7. The fourth-order valence-corrected chi connectivity index (χ4v) is 5.11. The lowest BCUT2D eigenvalue weighted by molar-refractivity contribution is -0.123. The summed E-state index contributed by atoms with van der Waals surface area (Å²) in [6, 6.07) is 7.37. The van der Waals surface area contributed by atoms with Gasteiger partial charge in [0.25, 0.3) is 11.5 Å². The third-order valence-electron chi connectivity index (χ3n) is 5.86. The van der Waals surface area contributed by atoms with Crippen LogP contribution in [-0.4, -0.2) is 21.7 Å². The molecule has 7 heteroatoms. The molecule has 0 fully saturated rings. The lowest BCUT2D eigenvalue weighted by atomic mass is 9.87. The first-order chi connectivity index (χ1) is 14.8. The maximum absolute atomic E-state index is 13.1. The Kier molecular flexibility index (Phi) is 5.79. The van der Waals surface area contributed by atoms with Gasteiger partial charge in [-0.2, -0.15) is 5.10 Å². The summed E-state index contributed by atoms with van der Waals surface area (Å²) >= 11 is 1.61. The van der Waals surface area contributed by atoms with Crippen LogP contribution in [0.25, 0.3) is 10.2 Å². The Hall–Kier alpha value is -2.80. The lowest BCUT2D eigenvalue weighted by Gasteiger charge is -2.18. The second-order valence-electron chi connectivity index (χ2n) is 9.13. The molecule has 1 atom stereocenters. The Morgan fingerprint density at radius 2 is 1.94 bits per heavy atom. The van der Waals surface area contributed by atoms with E-state index in [0.29, 0.717) is 5.39 Å². The molecule has 4 rings (SSSR count). The Labute approximate surface area is 186 Å². The van der Waals surface area contributed by atoms with E-state index in [-0.39, 0.29) is 16.9 Å². The number of benzene rings is 1. The van der Waals surface area contributed by atoms with Gasteiger partial charge in [0.1, 0.15) is 10.9 Å². The first-order valence-corrected chi connectivity index (χ1v) is 11.5. The van der Waals surface area contributed by atoms with Gasteiger partial charge in [-0.3, -0.25) is 14.2 Å². The summed E-state index contributed by atoms with van der Waals surface area (Å²) in [4.78, 5) is 32.3. The van der Waals surface area contributed by atoms with Gasteiger partial charge in [0, 0.05) is 4.88 Å². The van der Waals surface area contributed by atoms with E-state index in [2.05, 4.69) is 48.4 Å². The van der Waals surface area contributed by atoms with Crippen LogP contribution in [0.4, 0.5) is 0 Å². The van der Waals surface area contributed by atoms with Crippen molar-refractivity contribution in [3.63, 3.8) is 0 Å². The Bertz CT molecular complexity index is 1200. The SMILES string of the molecule is C[C@H](C(=O)NN=Cc1ccc(C(C)(C)C)cc1)n1cnc2sc3c(c2c1=O)CCCC3. The van der Waals surface area contributed by atoms with E-state index in [1.165, 1.54) is 21.3 Å². The smallest absolute Gasteiger partial charge is 0.263 e. The van der Waals surface area contributed by atoms with Gasteiger partial charge in [-0.1, -0.05) is 45.0 Å². The highest BCUT2D eigenvalue weighted by Gasteiger charge is 2.23. The quantitative estimate of drug-likeness (QED) is 0.488. The van der Waals surface area contributed by atoms with Crippen molar-refractivity contribution in [1.82, 2.24) is 15.0 Å². The number of nitrogens with one attached hydrogen (secondary N) is 1. The molecule has 0 bridgehead atoms. The molecule has 0 saturated carbocycles. The van der Waals surface area contributed by atoms with Crippen LogP contribution < -0.4 is 11.0 Å².